The van der Waals surface area contributed by atoms with Crippen molar-refractivity contribution >= 4 is 44.1 Å². The van der Waals surface area contributed by atoms with Crippen molar-refractivity contribution in [2.24, 2.45) is 0 Å². The third-order valence-corrected chi connectivity index (χ3v) is 7.55. The number of anilines is 3. The number of amides is 1. The molecule has 0 aliphatic carbocycles. The van der Waals surface area contributed by atoms with Crippen molar-refractivity contribution in [3.05, 3.63) is 103 Å². The Morgan fingerprint density at radius 1 is 0.925 bits per heavy atom. The molecule has 1 N–H and O–H groups in total. The maximum absolute atomic E-state index is 13.6. The van der Waals surface area contributed by atoms with Gasteiger partial charge in [0.15, 0.2) is 9.84 Å². The van der Waals surface area contributed by atoms with E-state index in [1.54, 1.807) is 47.5 Å². The van der Waals surface area contributed by atoms with Crippen molar-refractivity contribution < 1.29 is 13.2 Å². The van der Waals surface area contributed by atoms with Crippen LogP contribution in [0.15, 0.2) is 102 Å². The van der Waals surface area contributed by atoms with Gasteiger partial charge in [-0.1, -0.05) is 24.3 Å². The van der Waals surface area contributed by atoms with Crippen LogP contribution in [0.5, 0.6) is 0 Å². The number of carbonyl (C=O) groups excluding carboxylic acids is 1. The van der Waals surface area contributed by atoms with Crippen LogP contribution in [-0.4, -0.2) is 67.2 Å². The number of para-hydroxylation sites is 1. The Labute approximate surface area is 233 Å². The first kappa shape index (κ1) is 27.0. The highest BCUT2D eigenvalue weighted by molar-refractivity contribution is 7.90. The Balaban J connectivity index is 1.41. The first-order chi connectivity index (χ1) is 19.2. The average molecular weight is 555 g/mol. The minimum atomic E-state index is -3.28. The number of nitrogens with zero attached hydrogens (tertiary/aromatic N) is 5. The highest BCUT2D eigenvalue weighted by Crippen LogP contribution is 2.24. The van der Waals surface area contributed by atoms with Gasteiger partial charge in [0, 0.05) is 59.8 Å². The third kappa shape index (κ3) is 6.03. The van der Waals surface area contributed by atoms with E-state index in [9.17, 15) is 13.2 Å². The number of nitrogens with one attached hydrogen (secondary N) is 1. The molecule has 5 rings (SSSR count). The number of aromatic nitrogens is 3. The van der Waals surface area contributed by atoms with E-state index in [1.807, 2.05) is 78.3 Å². The van der Waals surface area contributed by atoms with E-state index in [-0.39, 0.29) is 10.8 Å². The van der Waals surface area contributed by atoms with Gasteiger partial charge in [0.1, 0.15) is 5.65 Å². The molecule has 0 atom stereocenters. The van der Waals surface area contributed by atoms with Gasteiger partial charge < -0.3 is 19.7 Å². The largest absolute Gasteiger partial charge is 0.324 e. The molecule has 0 aliphatic rings. The Hall–Kier alpha value is -4.54. The summed E-state index contributed by atoms with van der Waals surface area (Å²) in [6.07, 6.45) is 4.77. The van der Waals surface area contributed by atoms with Crippen molar-refractivity contribution in [1.29, 1.82) is 0 Å². The van der Waals surface area contributed by atoms with Crippen LogP contribution in [0, 0.1) is 0 Å². The summed E-state index contributed by atoms with van der Waals surface area (Å²) in [6, 6.07) is 25.5. The van der Waals surface area contributed by atoms with Crippen molar-refractivity contribution in [2.45, 2.75) is 4.90 Å². The summed E-state index contributed by atoms with van der Waals surface area (Å²) in [4.78, 5) is 26.8. The zero-order chi connectivity index (χ0) is 28.3. The van der Waals surface area contributed by atoms with E-state index < -0.39 is 9.84 Å². The Bertz CT molecular complexity index is 1750. The summed E-state index contributed by atoms with van der Waals surface area (Å²) in [5, 5.41) is 4.06. The zero-order valence-electron chi connectivity index (χ0n) is 22.5. The van der Waals surface area contributed by atoms with Crippen molar-refractivity contribution in [3.8, 4) is 5.69 Å². The maximum Gasteiger partial charge on any atom is 0.258 e. The standard InChI is InChI=1S/C30H30N6O3S/c1-34(2)18-19-36(25-10-5-4-6-11-25)29(37)22-8-7-9-24(20-22)32-30-31-21-23-16-17-35(28(23)33-30)26-12-14-27(15-13-26)40(3,38)39/h4-17,20-21H,18-19H2,1-3H3,(H,31,32,33). The summed E-state index contributed by atoms with van der Waals surface area (Å²) in [5.41, 5.74) is 3.51. The topological polar surface area (TPSA) is 100 Å². The minimum absolute atomic E-state index is 0.0977. The van der Waals surface area contributed by atoms with Gasteiger partial charge in [0.25, 0.3) is 5.91 Å². The molecule has 1 amide bonds. The smallest absolute Gasteiger partial charge is 0.258 e. The van der Waals surface area contributed by atoms with Crippen LogP contribution in [0.1, 0.15) is 10.4 Å². The van der Waals surface area contributed by atoms with Crippen molar-refractivity contribution in [3.63, 3.8) is 0 Å². The van der Waals surface area contributed by atoms with Gasteiger partial charge in [-0.15, -0.1) is 0 Å². The van der Waals surface area contributed by atoms with Gasteiger partial charge >= 0.3 is 0 Å². The molecule has 0 bridgehead atoms. The highest BCUT2D eigenvalue weighted by atomic mass is 32.2. The zero-order valence-corrected chi connectivity index (χ0v) is 23.3. The molecule has 0 aliphatic heterocycles. The lowest BCUT2D eigenvalue weighted by Gasteiger charge is -2.25. The minimum Gasteiger partial charge on any atom is -0.324 e. The molecule has 0 spiro atoms. The monoisotopic (exact) mass is 554 g/mol. The Morgan fingerprint density at radius 3 is 2.38 bits per heavy atom. The normalized spacial score (nSPS) is 11.6. The molecule has 0 fully saturated rings. The van der Waals surface area contributed by atoms with Crippen LogP contribution in [0.25, 0.3) is 16.7 Å². The van der Waals surface area contributed by atoms with E-state index in [4.69, 9.17) is 4.98 Å². The fourth-order valence-corrected chi connectivity index (χ4v) is 4.94. The number of carbonyl (C=O) groups is 1. The van der Waals surface area contributed by atoms with Gasteiger partial charge in [-0.25, -0.2) is 13.4 Å². The van der Waals surface area contributed by atoms with Crippen LogP contribution >= 0.6 is 0 Å². The molecule has 0 saturated heterocycles. The molecule has 2 heterocycles. The molecule has 5 aromatic rings. The second kappa shape index (κ2) is 11.3. The average Bonchev–Trinajstić information content (AvgIpc) is 3.36. The number of hydrogen-bond donors (Lipinski definition) is 1. The number of likely N-dealkylation sites (N-methyl/N-ethyl adjacent to an activating group) is 1. The summed E-state index contributed by atoms with van der Waals surface area (Å²) in [7, 11) is 0.680. The van der Waals surface area contributed by atoms with Gasteiger partial charge in [-0.3, -0.25) is 4.79 Å². The van der Waals surface area contributed by atoms with Crippen LogP contribution in [0.4, 0.5) is 17.3 Å². The number of hydrogen-bond acceptors (Lipinski definition) is 7. The quantitative estimate of drug-likeness (QED) is 0.280. The van der Waals surface area contributed by atoms with Crippen molar-refractivity contribution in [2.75, 3.05) is 43.7 Å². The molecular weight excluding hydrogens is 524 g/mol. The van der Waals surface area contributed by atoms with Crippen LogP contribution in [-0.2, 0) is 9.84 Å². The SMILES string of the molecule is CN(C)CCN(C(=O)c1cccc(Nc2ncc3ccn(-c4ccc(S(C)(=O)=O)cc4)c3n2)c1)c1ccccc1. The lowest BCUT2D eigenvalue weighted by Crippen LogP contribution is -2.36. The number of benzene rings is 3. The second-order valence-corrected chi connectivity index (χ2v) is 11.7. The lowest BCUT2D eigenvalue weighted by molar-refractivity contribution is 0.0985. The Kier molecular flexibility index (Phi) is 7.63. The van der Waals surface area contributed by atoms with Gasteiger partial charge in [-0.05, 0) is 74.8 Å². The molecule has 3 aromatic carbocycles. The van der Waals surface area contributed by atoms with E-state index in [2.05, 4.69) is 10.3 Å². The molecule has 9 nitrogen and oxygen atoms in total. The summed E-state index contributed by atoms with van der Waals surface area (Å²) >= 11 is 0. The highest BCUT2D eigenvalue weighted by Gasteiger charge is 2.18. The van der Waals surface area contributed by atoms with Gasteiger partial charge in [0.2, 0.25) is 5.95 Å². The number of rotatable bonds is 9. The van der Waals surface area contributed by atoms with E-state index in [0.29, 0.717) is 29.4 Å². The molecule has 2 aromatic heterocycles. The van der Waals surface area contributed by atoms with Crippen LogP contribution < -0.4 is 10.2 Å². The molecule has 0 saturated carbocycles. The van der Waals surface area contributed by atoms with Crippen molar-refractivity contribution in [1.82, 2.24) is 19.4 Å². The molecule has 204 valence electrons. The maximum atomic E-state index is 13.6. The third-order valence-electron chi connectivity index (χ3n) is 6.42. The summed E-state index contributed by atoms with van der Waals surface area (Å²) in [5.74, 6) is 0.275. The fraction of sp³-hybridized carbons (Fsp3) is 0.167. The summed E-state index contributed by atoms with van der Waals surface area (Å²) < 4.78 is 25.5. The van der Waals surface area contributed by atoms with Gasteiger partial charge in [-0.2, -0.15) is 4.98 Å². The van der Waals surface area contributed by atoms with Crippen LogP contribution in [0.3, 0.4) is 0 Å². The predicted octanol–water partition coefficient (Wildman–Crippen LogP) is 4.78. The van der Waals surface area contributed by atoms with E-state index >= 15 is 0 Å². The molecule has 0 unspecified atom stereocenters. The molecular formula is C30H30N6O3S. The van der Waals surface area contributed by atoms with Crippen LogP contribution in [0.2, 0.25) is 0 Å². The van der Waals surface area contributed by atoms with Gasteiger partial charge in [0.05, 0.1) is 4.90 Å². The number of fused-ring (bicyclic) bond motifs is 1. The van der Waals surface area contributed by atoms with E-state index in [1.165, 1.54) is 6.26 Å². The molecule has 10 heteroatoms. The second-order valence-electron chi connectivity index (χ2n) is 9.73. The summed E-state index contributed by atoms with van der Waals surface area (Å²) in [6.45, 7) is 1.28. The lowest BCUT2D eigenvalue weighted by atomic mass is 10.1. The first-order valence-corrected chi connectivity index (χ1v) is 14.6. The molecule has 0 radical (unpaired) electrons. The first-order valence-electron chi connectivity index (χ1n) is 12.7. The van der Waals surface area contributed by atoms with E-state index in [0.717, 1.165) is 23.3 Å². The predicted molar refractivity (Wildman–Crippen MR) is 158 cm³/mol. The fourth-order valence-electron chi connectivity index (χ4n) is 4.31. The number of sulfone groups is 1. The molecule has 40 heavy (non-hydrogen) atoms. The Morgan fingerprint density at radius 2 is 1.68 bits per heavy atom.